The van der Waals surface area contributed by atoms with Crippen LogP contribution in [-0.2, 0) is 10.8 Å². The minimum absolute atomic E-state index is 0.367. The molecule has 5 aromatic carbocycles. The lowest BCUT2D eigenvalue weighted by molar-refractivity contribution is 0.595. The molecule has 0 fully saturated rings. The zero-order chi connectivity index (χ0) is 26.0. The van der Waals surface area contributed by atoms with Crippen LogP contribution >= 0.6 is 15.9 Å². The number of benzene rings is 5. The van der Waals surface area contributed by atoms with Crippen molar-refractivity contribution in [2.75, 3.05) is 0 Å². The molecule has 8 rings (SSSR count). The van der Waals surface area contributed by atoms with E-state index in [0.717, 1.165) is 17.3 Å². The lowest BCUT2D eigenvalue weighted by Crippen LogP contribution is -2.45. The highest BCUT2D eigenvalue weighted by Gasteiger charge is 2.57. The fraction of sp³-hybridized carbons (Fsp3) is 0.105. The molecule has 0 aromatic heterocycles. The Morgan fingerprint density at radius 1 is 0.513 bits per heavy atom. The Kier molecular flexibility index (Phi) is 5.03. The van der Waals surface area contributed by atoms with Crippen molar-refractivity contribution in [2.45, 2.75) is 23.7 Å². The van der Waals surface area contributed by atoms with Gasteiger partial charge in [0.15, 0.2) is 0 Å². The van der Waals surface area contributed by atoms with E-state index in [1.165, 1.54) is 55.6 Å². The predicted octanol–water partition coefficient (Wildman–Crippen LogP) is 9.74. The van der Waals surface area contributed by atoms with E-state index < -0.39 is 5.41 Å². The van der Waals surface area contributed by atoms with Crippen LogP contribution in [0, 0.1) is 0 Å². The molecule has 0 heterocycles. The van der Waals surface area contributed by atoms with Gasteiger partial charge in [0.25, 0.3) is 0 Å². The number of hydrogen-bond acceptors (Lipinski definition) is 0. The summed E-state index contributed by atoms with van der Waals surface area (Å²) in [6.45, 7) is 0. The Morgan fingerprint density at radius 3 is 1.72 bits per heavy atom. The summed E-state index contributed by atoms with van der Waals surface area (Å²) < 4.78 is 1.15. The van der Waals surface area contributed by atoms with E-state index in [-0.39, 0.29) is 5.41 Å². The molecule has 1 heteroatoms. The van der Waals surface area contributed by atoms with Crippen molar-refractivity contribution in [2.24, 2.45) is 0 Å². The molecule has 0 aliphatic heterocycles. The van der Waals surface area contributed by atoms with Crippen molar-refractivity contribution in [3.8, 4) is 11.1 Å². The van der Waals surface area contributed by atoms with E-state index in [9.17, 15) is 0 Å². The molecule has 3 aliphatic rings. The molecule has 5 aromatic rings. The van der Waals surface area contributed by atoms with E-state index in [2.05, 4.69) is 155 Å². The highest BCUT2D eigenvalue weighted by Crippen LogP contribution is 2.65. The van der Waals surface area contributed by atoms with Crippen molar-refractivity contribution in [3.05, 3.63) is 189 Å². The Bertz CT molecular complexity index is 1770. The highest BCUT2D eigenvalue weighted by atomic mass is 79.9. The highest BCUT2D eigenvalue weighted by molar-refractivity contribution is 9.10. The first-order valence-corrected chi connectivity index (χ1v) is 14.6. The van der Waals surface area contributed by atoms with Gasteiger partial charge in [0.1, 0.15) is 0 Å². The van der Waals surface area contributed by atoms with Crippen LogP contribution in [0.2, 0.25) is 0 Å². The monoisotopic (exact) mass is 562 g/mol. The van der Waals surface area contributed by atoms with Gasteiger partial charge in [0.2, 0.25) is 0 Å². The maximum Gasteiger partial charge on any atom is 0.0720 e. The largest absolute Gasteiger partial charge is 0.0842 e. The van der Waals surface area contributed by atoms with Crippen LogP contribution in [0.1, 0.15) is 51.8 Å². The molecule has 1 spiro atoms. The van der Waals surface area contributed by atoms with Gasteiger partial charge in [-0.1, -0.05) is 155 Å². The van der Waals surface area contributed by atoms with E-state index in [1.54, 1.807) is 0 Å². The van der Waals surface area contributed by atoms with Crippen molar-refractivity contribution in [1.29, 1.82) is 0 Å². The number of rotatable bonds is 2. The summed E-state index contributed by atoms with van der Waals surface area (Å²) in [5.74, 6) is 0. The Hall–Kier alpha value is -3.94. The number of hydrogen-bond donors (Lipinski definition) is 0. The average Bonchev–Trinajstić information content (AvgIpc) is 3.31. The Balaban J connectivity index is 1.61. The summed E-state index contributed by atoms with van der Waals surface area (Å²) in [6, 6.07) is 45.5. The molecule has 0 N–H and O–H groups in total. The first kappa shape index (κ1) is 23.0. The van der Waals surface area contributed by atoms with Crippen LogP contribution in [0.4, 0.5) is 0 Å². The minimum Gasteiger partial charge on any atom is -0.0842 e. The molecule has 0 atom stereocenters. The van der Waals surface area contributed by atoms with Gasteiger partial charge < -0.3 is 0 Å². The van der Waals surface area contributed by atoms with Crippen LogP contribution in [0.15, 0.2) is 150 Å². The van der Waals surface area contributed by atoms with Crippen molar-refractivity contribution in [3.63, 3.8) is 0 Å². The molecule has 0 saturated heterocycles. The number of fused-ring (bicyclic) bond motifs is 9. The zero-order valence-corrected chi connectivity index (χ0v) is 23.2. The van der Waals surface area contributed by atoms with Gasteiger partial charge in [-0.15, -0.1) is 0 Å². The number of halogens is 1. The van der Waals surface area contributed by atoms with Gasteiger partial charge in [0.05, 0.1) is 10.8 Å². The lowest BCUT2D eigenvalue weighted by Gasteiger charge is -2.51. The summed E-state index contributed by atoms with van der Waals surface area (Å²) in [5, 5.41) is 0. The molecular formula is C38H27Br. The molecule has 39 heavy (non-hydrogen) atoms. The maximum absolute atomic E-state index is 3.95. The molecule has 186 valence electrons. The summed E-state index contributed by atoms with van der Waals surface area (Å²) in [5.41, 5.74) is 12.9. The van der Waals surface area contributed by atoms with Crippen LogP contribution in [0.25, 0.3) is 11.1 Å². The van der Waals surface area contributed by atoms with Crippen molar-refractivity contribution in [1.82, 2.24) is 0 Å². The van der Waals surface area contributed by atoms with Crippen molar-refractivity contribution < 1.29 is 0 Å². The summed E-state index contributed by atoms with van der Waals surface area (Å²) in [4.78, 5) is 0. The van der Waals surface area contributed by atoms with E-state index in [1.807, 2.05) is 0 Å². The summed E-state index contributed by atoms with van der Waals surface area (Å²) >= 11 is 3.95. The third kappa shape index (κ3) is 2.84. The molecule has 0 radical (unpaired) electrons. The fourth-order valence-electron chi connectivity index (χ4n) is 7.87. The fourth-order valence-corrected chi connectivity index (χ4v) is 8.45. The summed E-state index contributed by atoms with van der Waals surface area (Å²) in [6.07, 6.45) is 9.05. The molecule has 0 saturated carbocycles. The van der Waals surface area contributed by atoms with Gasteiger partial charge in [-0.25, -0.2) is 0 Å². The van der Waals surface area contributed by atoms with E-state index in [0.29, 0.717) is 0 Å². The molecule has 0 amide bonds. The van der Waals surface area contributed by atoms with E-state index in [4.69, 9.17) is 0 Å². The second-order valence-electron chi connectivity index (χ2n) is 10.8. The second-order valence-corrected chi connectivity index (χ2v) is 11.7. The quantitative estimate of drug-likeness (QED) is 0.197. The SMILES string of the molecule is Brc1cccc2c1-c1ccccc1C21c2ccccc2C(C2=CC=CCC2)(c2ccccc2)c2ccccc21. The van der Waals surface area contributed by atoms with E-state index >= 15 is 0 Å². The normalized spacial score (nSPS) is 22.0. The smallest absolute Gasteiger partial charge is 0.0720 e. The van der Waals surface area contributed by atoms with Crippen LogP contribution in [0.5, 0.6) is 0 Å². The zero-order valence-electron chi connectivity index (χ0n) is 21.6. The maximum atomic E-state index is 3.95. The minimum atomic E-state index is -0.397. The molecule has 0 bridgehead atoms. The van der Waals surface area contributed by atoms with Crippen LogP contribution < -0.4 is 0 Å². The van der Waals surface area contributed by atoms with Crippen LogP contribution in [-0.4, -0.2) is 0 Å². The van der Waals surface area contributed by atoms with Gasteiger partial charge in [-0.3, -0.25) is 0 Å². The average molecular weight is 564 g/mol. The van der Waals surface area contributed by atoms with Gasteiger partial charge in [-0.05, 0) is 63.4 Å². The number of allylic oxidation sites excluding steroid dienone is 4. The lowest BCUT2D eigenvalue weighted by atomic mass is 9.50. The topological polar surface area (TPSA) is 0 Å². The summed E-state index contributed by atoms with van der Waals surface area (Å²) in [7, 11) is 0. The first-order valence-electron chi connectivity index (χ1n) is 13.8. The van der Waals surface area contributed by atoms with Crippen molar-refractivity contribution >= 4 is 15.9 Å². The van der Waals surface area contributed by atoms with Gasteiger partial charge >= 0.3 is 0 Å². The third-order valence-corrected chi connectivity index (χ3v) is 9.85. The van der Waals surface area contributed by atoms with Gasteiger partial charge in [-0.2, -0.15) is 0 Å². The third-order valence-electron chi connectivity index (χ3n) is 9.19. The second kappa shape index (κ2) is 8.53. The molecule has 3 aliphatic carbocycles. The Morgan fingerprint density at radius 2 is 1.08 bits per heavy atom. The molecule has 0 nitrogen and oxygen atoms in total. The predicted molar refractivity (Wildman–Crippen MR) is 164 cm³/mol. The van der Waals surface area contributed by atoms with Gasteiger partial charge in [0, 0.05) is 10.0 Å². The first-order chi connectivity index (χ1) is 19.3. The van der Waals surface area contributed by atoms with Crippen LogP contribution in [0.3, 0.4) is 0 Å². The molecular weight excluding hydrogens is 536 g/mol. The Labute approximate surface area is 238 Å². The standard InChI is InChI=1S/C38H27Br/c39-35-25-13-24-34-36(35)28-18-7-8-19-29(28)38(34)32-22-11-9-20-30(32)37(26-14-3-1-4-15-26,27-16-5-2-6-17-27)31-21-10-12-23-33(31)38/h1-5,7-16,18-25H,6,17H2. The molecule has 0 unspecified atom stereocenters.